The van der Waals surface area contributed by atoms with E-state index in [1.165, 1.54) is 25.7 Å². The van der Waals surface area contributed by atoms with Crippen molar-refractivity contribution >= 4 is 0 Å². The number of ether oxygens (including phenoxy) is 2. The molecule has 0 aromatic heterocycles. The molecule has 0 N–H and O–H groups in total. The largest absolute Gasteiger partial charge is 0.352 e. The molecule has 2 nitrogen and oxygen atoms in total. The highest BCUT2D eigenvalue weighted by Crippen LogP contribution is 2.41. The Labute approximate surface area is 153 Å². The van der Waals surface area contributed by atoms with Crippen LogP contribution in [-0.2, 0) is 9.47 Å². The third-order valence-corrected chi connectivity index (χ3v) is 6.65. The van der Waals surface area contributed by atoms with Gasteiger partial charge in [0, 0.05) is 11.8 Å². The lowest BCUT2D eigenvalue weighted by Gasteiger charge is -2.39. The van der Waals surface area contributed by atoms with Crippen molar-refractivity contribution in [2.24, 2.45) is 17.8 Å². The zero-order valence-electron chi connectivity index (χ0n) is 15.1. The molecule has 26 heavy (non-hydrogen) atoms. The lowest BCUT2D eigenvalue weighted by atomic mass is 9.78. The Bertz CT molecular complexity index is 591. The van der Waals surface area contributed by atoms with Crippen LogP contribution in [0.25, 0.3) is 0 Å². The van der Waals surface area contributed by atoms with Crippen LogP contribution in [-0.4, -0.2) is 19.5 Å². The molecule has 0 atom stereocenters. The third-order valence-electron chi connectivity index (χ3n) is 6.65. The Morgan fingerprint density at radius 1 is 0.692 bits per heavy atom. The van der Waals surface area contributed by atoms with E-state index in [1.54, 1.807) is 0 Å². The van der Waals surface area contributed by atoms with Crippen molar-refractivity contribution in [3.63, 3.8) is 0 Å². The fourth-order valence-corrected chi connectivity index (χ4v) is 5.04. The van der Waals surface area contributed by atoms with E-state index in [0.29, 0.717) is 17.4 Å². The fourth-order valence-electron chi connectivity index (χ4n) is 5.04. The summed E-state index contributed by atoms with van der Waals surface area (Å²) in [6.07, 6.45) is 8.59. The van der Waals surface area contributed by atoms with Crippen molar-refractivity contribution in [2.45, 2.75) is 63.6 Å². The van der Waals surface area contributed by atoms with Gasteiger partial charge in [-0.15, -0.1) is 0 Å². The molecule has 0 amide bonds. The Kier molecular flexibility index (Phi) is 5.55. The van der Waals surface area contributed by atoms with Crippen LogP contribution >= 0.6 is 0 Å². The van der Waals surface area contributed by atoms with Gasteiger partial charge >= 0.3 is 0 Å². The molecule has 2 aliphatic carbocycles. The van der Waals surface area contributed by atoms with E-state index in [2.05, 4.69) is 0 Å². The molecule has 1 heterocycles. The average Bonchev–Trinajstić information content (AvgIpc) is 3.21. The maximum absolute atomic E-state index is 13.5. The molecule has 0 bridgehead atoms. The van der Waals surface area contributed by atoms with Gasteiger partial charge in [0.2, 0.25) is 0 Å². The Morgan fingerprint density at radius 2 is 1.27 bits per heavy atom. The van der Waals surface area contributed by atoms with Crippen molar-refractivity contribution < 1.29 is 22.6 Å². The van der Waals surface area contributed by atoms with Crippen LogP contribution in [0.2, 0.25) is 0 Å². The number of rotatable bonds is 3. The van der Waals surface area contributed by atoms with Crippen molar-refractivity contribution in [1.82, 2.24) is 0 Å². The summed E-state index contributed by atoms with van der Waals surface area (Å²) >= 11 is 0. The monoisotopic (exact) mass is 368 g/mol. The van der Waals surface area contributed by atoms with Gasteiger partial charge in [0.05, 0.1) is 13.2 Å². The summed E-state index contributed by atoms with van der Waals surface area (Å²) in [5, 5.41) is 0. The van der Waals surface area contributed by atoms with Gasteiger partial charge in [0.25, 0.3) is 0 Å². The Hall–Kier alpha value is -1.07. The van der Waals surface area contributed by atoms with Gasteiger partial charge in [-0.2, -0.15) is 0 Å². The van der Waals surface area contributed by atoms with Gasteiger partial charge in [-0.3, -0.25) is 0 Å². The first-order valence-corrected chi connectivity index (χ1v) is 9.99. The summed E-state index contributed by atoms with van der Waals surface area (Å²) in [6, 6.07) is 2.28. The predicted molar refractivity (Wildman–Crippen MR) is 92.2 cm³/mol. The van der Waals surface area contributed by atoms with Gasteiger partial charge < -0.3 is 9.47 Å². The SMILES string of the molecule is Fc1cc(C2CCC(C3OCC(C4CCCC4)CO3)CC2)cc(F)c1F. The first kappa shape index (κ1) is 18.3. The van der Waals surface area contributed by atoms with Crippen LogP contribution in [0.5, 0.6) is 0 Å². The molecule has 1 aromatic rings. The van der Waals surface area contributed by atoms with Crippen molar-refractivity contribution in [1.29, 1.82) is 0 Å². The highest BCUT2D eigenvalue weighted by molar-refractivity contribution is 5.23. The van der Waals surface area contributed by atoms with Gasteiger partial charge in [-0.1, -0.05) is 25.7 Å². The molecule has 1 aliphatic heterocycles. The average molecular weight is 368 g/mol. The standard InChI is InChI=1S/C21H27F3O2/c22-18-9-16(10-19(23)20(18)24)14-5-7-15(8-6-14)21-25-11-17(12-26-21)13-3-1-2-4-13/h9-10,13-15,17,21H,1-8,11-12H2. The number of halogens is 3. The molecule has 144 valence electrons. The predicted octanol–water partition coefficient (Wildman–Crippen LogP) is 5.56. The van der Waals surface area contributed by atoms with Crippen LogP contribution in [0.4, 0.5) is 13.2 Å². The quantitative estimate of drug-likeness (QED) is 0.651. The van der Waals surface area contributed by atoms with E-state index in [-0.39, 0.29) is 12.2 Å². The molecular weight excluding hydrogens is 341 g/mol. The number of hydrogen-bond donors (Lipinski definition) is 0. The van der Waals surface area contributed by atoms with Crippen LogP contribution in [0.3, 0.4) is 0 Å². The number of benzene rings is 1. The molecule has 0 radical (unpaired) electrons. The van der Waals surface area contributed by atoms with Crippen molar-refractivity contribution in [3.05, 3.63) is 35.1 Å². The highest BCUT2D eigenvalue weighted by Gasteiger charge is 2.36. The first-order valence-electron chi connectivity index (χ1n) is 9.99. The van der Waals surface area contributed by atoms with E-state index in [9.17, 15) is 13.2 Å². The molecule has 2 saturated carbocycles. The van der Waals surface area contributed by atoms with E-state index < -0.39 is 17.5 Å². The minimum atomic E-state index is -1.39. The second kappa shape index (κ2) is 7.89. The summed E-state index contributed by atoms with van der Waals surface area (Å²) in [5.41, 5.74) is 0.562. The van der Waals surface area contributed by atoms with Crippen LogP contribution in [0, 0.1) is 35.2 Å². The summed E-state index contributed by atoms with van der Waals surface area (Å²) in [4.78, 5) is 0. The summed E-state index contributed by atoms with van der Waals surface area (Å²) in [7, 11) is 0. The summed E-state index contributed by atoms with van der Waals surface area (Å²) in [5.74, 6) is -1.87. The van der Waals surface area contributed by atoms with Gasteiger partial charge in [-0.05, 0) is 55.2 Å². The molecular formula is C21H27F3O2. The van der Waals surface area contributed by atoms with Crippen LogP contribution < -0.4 is 0 Å². The summed E-state index contributed by atoms with van der Waals surface area (Å²) < 4.78 is 52.2. The van der Waals surface area contributed by atoms with E-state index >= 15 is 0 Å². The van der Waals surface area contributed by atoms with Crippen molar-refractivity contribution in [3.8, 4) is 0 Å². The normalized spacial score (nSPS) is 33.5. The maximum atomic E-state index is 13.5. The maximum Gasteiger partial charge on any atom is 0.194 e. The Balaban J connectivity index is 1.29. The van der Waals surface area contributed by atoms with Crippen LogP contribution in [0.15, 0.2) is 12.1 Å². The van der Waals surface area contributed by atoms with E-state index in [4.69, 9.17) is 9.47 Å². The second-order valence-electron chi connectivity index (χ2n) is 8.25. The fraction of sp³-hybridized carbons (Fsp3) is 0.714. The van der Waals surface area contributed by atoms with Gasteiger partial charge in [-0.25, -0.2) is 13.2 Å². The molecule has 3 aliphatic rings. The first-order chi connectivity index (χ1) is 12.6. The minimum Gasteiger partial charge on any atom is -0.352 e. The summed E-state index contributed by atoms with van der Waals surface area (Å²) in [6.45, 7) is 1.59. The molecule has 1 aromatic carbocycles. The van der Waals surface area contributed by atoms with E-state index in [1.807, 2.05) is 0 Å². The number of hydrogen-bond acceptors (Lipinski definition) is 2. The molecule has 5 heteroatoms. The minimum absolute atomic E-state index is 0.0747. The smallest absolute Gasteiger partial charge is 0.194 e. The zero-order chi connectivity index (χ0) is 18.1. The van der Waals surface area contributed by atoms with Gasteiger partial charge in [0.1, 0.15) is 0 Å². The molecule has 4 rings (SSSR count). The third kappa shape index (κ3) is 3.79. The molecule has 0 spiro atoms. The van der Waals surface area contributed by atoms with E-state index in [0.717, 1.165) is 56.9 Å². The molecule has 1 saturated heterocycles. The lowest BCUT2D eigenvalue weighted by Crippen LogP contribution is -2.40. The van der Waals surface area contributed by atoms with Crippen LogP contribution in [0.1, 0.15) is 62.8 Å². The lowest BCUT2D eigenvalue weighted by molar-refractivity contribution is -0.234. The second-order valence-corrected chi connectivity index (χ2v) is 8.25. The highest BCUT2D eigenvalue weighted by atomic mass is 19.2. The molecule has 0 unspecified atom stereocenters. The van der Waals surface area contributed by atoms with Gasteiger partial charge in [0.15, 0.2) is 23.7 Å². The van der Waals surface area contributed by atoms with Crippen molar-refractivity contribution in [2.75, 3.05) is 13.2 Å². The zero-order valence-corrected chi connectivity index (χ0v) is 15.1. The topological polar surface area (TPSA) is 18.5 Å². The molecule has 3 fully saturated rings. The Morgan fingerprint density at radius 3 is 1.85 bits per heavy atom.